The van der Waals surface area contributed by atoms with E-state index in [-0.39, 0.29) is 17.7 Å². The summed E-state index contributed by atoms with van der Waals surface area (Å²) in [5.41, 5.74) is 0. The van der Waals surface area contributed by atoms with Crippen LogP contribution < -0.4 is 10.2 Å². The highest BCUT2D eigenvalue weighted by molar-refractivity contribution is 5.89. The van der Waals surface area contributed by atoms with Gasteiger partial charge in [0.15, 0.2) is 0 Å². The van der Waals surface area contributed by atoms with E-state index in [4.69, 9.17) is 0 Å². The van der Waals surface area contributed by atoms with Crippen molar-refractivity contribution in [3.8, 4) is 0 Å². The Morgan fingerprint density at radius 1 is 1.35 bits per heavy atom. The van der Waals surface area contributed by atoms with Crippen molar-refractivity contribution < 1.29 is 9.59 Å². The van der Waals surface area contributed by atoms with Gasteiger partial charge in [0, 0.05) is 58.6 Å². The largest absolute Gasteiger partial charge is 0.355 e. The van der Waals surface area contributed by atoms with E-state index in [0.717, 1.165) is 19.0 Å². The summed E-state index contributed by atoms with van der Waals surface area (Å²) in [6, 6.07) is 0. The topological polar surface area (TPSA) is 70.5 Å². The van der Waals surface area contributed by atoms with Crippen LogP contribution in [0.5, 0.6) is 0 Å². The standard InChI is InChI=1S/C13H19N5O2/c1-16-3-2-14-13(16)18-6-4-17(5-7-18)12(20)10-8-11(19)15-9-10/h2-3,10H,4-9H2,1H3,(H,15,19). The van der Waals surface area contributed by atoms with Crippen LogP contribution in [0.25, 0.3) is 0 Å². The third kappa shape index (κ3) is 2.35. The maximum Gasteiger partial charge on any atom is 0.228 e. The second-order valence-electron chi connectivity index (χ2n) is 5.36. The number of amides is 2. The van der Waals surface area contributed by atoms with Gasteiger partial charge in [-0.2, -0.15) is 0 Å². The summed E-state index contributed by atoms with van der Waals surface area (Å²) in [7, 11) is 1.97. The van der Waals surface area contributed by atoms with Crippen LogP contribution in [0.15, 0.2) is 12.4 Å². The fourth-order valence-corrected chi connectivity index (χ4v) is 2.83. The minimum absolute atomic E-state index is 0.0185. The van der Waals surface area contributed by atoms with Gasteiger partial charge in [-0.25, -0.2) is 4.98 Å². The van der Waals surface area contributed by atoms with Crippen molar-refractivity contribution in [2.45, 2.75) is 6.42 Å². The van der Waals surface area contributed by atoms with E-state index >= 15 is 0 Å². The van der Waals surface area contributed by atoms with E-state index < -0.39 is 0 Å². The molecule has 0 bridgehead atoms. The molecule has 0 saturated carbocycles. The lowest BCUT2D eigenvalue weighted by Gasteiger charge is -2.36. The lowest BCUT2D eigenvalue weighted by atomic mass is 10.1. The van der Waals surface area contributed by atoms with Crippen molar-refractivity contribution in [1.82, 2.24) is 19.8 Å². The molecule has 2 saturated heterocycles. The molecule has 2 amide bonds. The van der Waals surface area contributed by atoms with Crippen LogP contribution in [0.3, 0.4) is 0 Å². The predicted octanol–water partition coefficient (Wildman–Crippen LogP) is -0.795. The number of carbonyl (C=O) groups is 2. The third-order valence-electron chi connectivity index (χ3n) is 4.00. The zero-order valence-electron chi connectivity index (χ0n) is 11.6. The summed E-state index contributed by atoms with van der Waals surface area (Å²) in [5.74, 6) is 0.842. The summed E-state index contributed by atoms with van der Waals surface area (Å²) < 4.78 is 1.98. The molecule has 0 spiro atoms. The van der Waals surface area contributed by atoms with Crippen molar-refractivity contribution in [2.75, 3.05) is 37.6 Å². The number of imidazole rings is 1. The van der Waals surface area contributed by atoms with Gasteiger partial charge in [-0.15, -0.1) is 0 Å². The minimum atomic E-state index is -0.179. The Bertz CT molecular complexity index is 519. The molecule has 3 rings (SSSR count). The molecule has 1 unspecified atom stereocenters. The lowest BCUT2D eigenvalue weighted by Crippen LogP contribution is -2.51. The summed E-state index contributed by atoms with van der Waals surface area (Å²) >= 11 is 0. The van der Waals surface area contributed by atoms with E-state index in [1.54, 1.807) is 6.20 Å². The molecule has 1 aromatic heterocycles. The first-order valence-electron chi connectivity index (χ1n) is 6.93. The van der Waals surface area contributed by atoms with Gasteiger partial charge < -0.3 is 19.7 Å². The SMILES string of the molecule is Cn1ccnc1N1CCN(C(=O)C2CNC(=O)C2)CC1. The monoisotopic (exact) mass is 277 g/mol. The fraction of sp³-hybridized carbons (Fsp3) is 0.615. The molecule has 7 nitrogen and oxygen atoms in total. The molecule has 0 radical (unpaired) electrons. The number of anilines is 1. The van der Waals surface area contributed by atoms with Gasteiger partial charge in [0.25, 0.3) is 0 Å². The van der Waals surface area contributed by atoms with Gasteiger partial charge in [0.05, 0.1) is 5.92 Å². The molecule has 0 aliphatic carbocycles. The van der Waals surface area contributed by atoms with Crippen LogP contribution in [-0.4, -0.2) is 59.0 Å². The average Bonchev–Trinajstić information content (AvgIpc) is 3.07. The first-order valence-corrected chi connectivity index (χ1v) is 6.93. The zero-order valence-corrected chi connectivity index (χ0v) is 11.6. The quantitative estimate of drug-likeness (QED) is 0.769. The molecule has 2 aliphatic rings. The molecule has 1 atom stereocenters. The Hall–Kier alpha value is -2.05. The van der Waals surface area contributed by atoms with E-state index in [9.17, 15) is 9.59 Å². The van der Waals surface area contributed by atoms with Crippen molar-refractivity contribution in [3.05, 3.63) is 12.4 Å². The fourth-order valence-electron chi connectivity index (χ4n) is 2.83. The summed E-state index contributed by atoms with van der Waals surface area (Å²) in [6.45, 7) is 3.43. The van der Waals surface area contributed by atoms with Crippen LogP contribution in [0.4, 0.5) is 5.95 Å². The molecule has 2 fully saturated rings. The Morgan fingerprint density at radius 2 is 2.10 bits per heavy atom. The van der Waals surface area contributed by atoms with Crippen molar-refractivity contribution in [1.29, 1.82) is 0 Å². The van der Waals surface area contributed by atoms with Gasteiger partial charge in [-0.05, 0) is 0 Å². The molecule has 7 heteroatoms. The maximum absolute atomic E-state index is 12.3. The number of carbonyl (C=O) groups excluding carboxylic acids is 2. The summed E-state index contributed by atoms with van der Waals surface area (Å²) in [4.78, 5) is 31.9. The molecule has 20 heavy (non-hydrogen) atoms. The zero-order chi connectivity index (χ0) is 14.1. The predicted molar refractivity (Wildman–Crippen MR) is 73.1 cm³/mol. The molecular formula is C13H19N5O2. The second kappa shape index (κ2) is 5.15. The van der Waals surface area contributed by atoms with Crippen LogP contribution in [0, 0.1) is 5.92 Å². The first-order chi connectivity index (χ1) is 9.65. The Morgan fingerprint density at radius 3 is 2.65 bits per heavy atom. The molecule has 3 heterocycles. The highest BCUT2D eigenvalue weighted by Gasteiger charge is 2.33. The van der Waals surface area contributed by atoms with Crippen LogP contribution >= 0.6 is 0 Å². The van der Waals surface area contributed by atoms with Crippen LogP contribution in [0.2, 0.25) is 0 Å². The highest BCUT2D eigenvalue weighted by atomic mass is 16.2. The molecule has 1 N–H and O–H groups in total. The van der Waals surface area contributed by atoms with Crippen LogP contribution in [-0.2, 0) is 16.6 Å². The van der Waals surface area contributed by atoms with Gasteiger partial charge in [0.1, 0.15) is 0 Å². The normalized spacial score (nSPS) is 23.1. The van der Waals surface area contributed by atoms with Gasteiger partial charge in [0.2, 0.25) is 17.8 Å². The summed E-state index contributed by atoms with van der Waals surface area (Å²) in [5, 5.41) is 2.72. The number of nitrogens with zero attached hydrogens (tertiary/aromatic N) is 4. The Labute approximate surface area is 117 Å². The molecule has 2 aliphatic heterocycles. The van der Waals surface area contributed by atoms with Gasteiger partial charge >= 0.3 is 0 Å². The lowest BCUT2D eigenvalue weighted by molar-refractivity contribution is -0.136. The van der Waals surface area contributed by atoms with Crippen molar-refractivity contribution >= 4 is 17.8 Å². The molecule has 108 valence electrons. The number of piperazine rings is 1. The number of hydrogen-bond acceptors (Lipinski definition) is 4. The molecule has 0 aromatic carbocycles. The smallest absolute Gasteiger partial charge is 0.228 e. The van der Waals surface area contributed by atoms with Gasteiger partial charge in [-0.3, -0.25) is 9.59 Å². The van der Waals surface area contributed by atoms with E-state index in [1.165, 1.54) is 0 Å². The van der Waals surface area contributed by atoms with Crippen molar-refractivity contribution in [2.24, 2.45) is 13.0 Å². The number of aryl methyl sites for hydroxylation is 1. The van der Waals surface area contributed by atoms with Crippen molar-refractivity contribution in [3.63, 3.8) is 0 Å². The van der Waals surface area contributed by atoms with E-state index in [1.807, 2.05) is 22.7 Å². The minimum Gasteiger partial charge on any atom is -0.355 e. The first kappa shape index (κ1) is 13.0. The Kier molecular flexibility index (Phi) is 3.33. The number of hydrogen-bond donors (Lipinski definition) is 1. The average molecular weight is 277 g/mol. The number of nitrogens with one attached hydrogen (secondary N) is 1. The second-order valence-corrected chi connectivity index (χ2v) is 5.36. The van der Waals surface area contributed by atoms with Gasteiger partial charge in [-0.1, -0.05) is 0 Å². The summed E-state index contributed by atoms with van der Waals surface area (Å²) in [6.07, 6.45) is 4.03. The molecule has 1 aromatic rings. The number of aromatic nitrogens is 2. The van der Waals surface area contributed by atoms with E-state index in [2.05, 4.69) is 15.2 Å². The Balaban J connectivity index is 1.57. The number of rotatable bonds is 2. The maximum atomic E-state index is 12.3. The van der Waals surface area contributed by atoms with Crippen LogP contribution in [0.1, 0.15) is 6.42 Å². The van der Waals surface area contributed by atoms with E-state index in [0.29, 0.717) is 26.1 Å². The highest BCUT2D eigenvalue weighted by Crippen LogP contribution is 2.17. The third-order valence-corrected chi connectivity index (χ3v) is 4.00. The molecular weight excluding hydrogens is 258 g/mol.